The fraction of sp³-hybridized carbons (Fsp3) is 0.0952. The number of rotatable bonds is 3. The van der Waals surface area contributed by atoms with Gasteiger partial charge in [-0.3, -0.25) is 9.59 Å². The Bertz CT molecular complexity index is 1340. The molecule has 1 aromatic heterocycles. The predicted molar refractivity (Wildman–Crippen MR) is 116 cm³/mol. The van der Waals surface area contributed by atoms with Crippen LogP contribution >= 0.6 is 34.5 Å². The number of halogens is 2. The van der Waals surface area contributed by atoms with Crippen LogP contribution in [0.4, 0.5) is 0 Å². The Morgan fingerprint density at radius 3 is 2.62 bits per heavy atom. The molecule has 0 aliphatic heterocycles. The molecular formula is C21H14Cl2N2O3S. The summed E-state index contributed by atoms with van der Waals surface area (Å²) in [4.78, 5) is 29.6. The van der Waals surface area contributed by atoms with Gasteiger partial charge in [-0.25, -0.2) is 0 Å². The second kappa shape index (κ2) is 7.99. The highest BCUT2D eigenvalue weighted by molar-refractivity contribution is 7.16. The van der Waals surface area contributed by atoms with E-state index in [9.17, 15) is 9.59 Å². The summed E-state index contributed by atoms with van der Waals surface area (Å²) in [7, 11) is 1.30. The Balaban J connectivity index is 1.93. The first-order valence-corrected chi connectivity index (χ1v) is 10.2. The van der Waals surface area contributed by atoms with E-state index >= 15 is 0 Å². The lowest BCUT2D eigenvalue weighted by atomic mass is 10.0. The summed E-state index contributed by atoms with van der Waals surface area (Å²) in [6, 6.07) is 16.5. The second-order valence-corrected chi connectivity index (χ2v) is 7.99. The van der Waals surface area contributed by atoms with E-state index in [0.29, 0.717) is 25.9 Å². The van der Waals surface area contributed by atoms with E-state index in [2.05, 4.69) is 4.99 Å². The van der Waals surface area contributed by atoms with Crippen LogP contribution in [0.25, 0.3) is 21.0 Å². The lowest BCUT2D eigenvalue weighted by Crippen LogP contribution is -2.22. The van der Waals surface area contributed by atoms with Crippen molar-refractivity contribution in [2.75, 3.05) is 7.11 Å². The van der Waals surface area contributed by atoms with Gasteiger partial charge in [-0.05, 0) is 29.0 Å². The highest BCUT2D eigenvalue weighted by atomic mass is 35.5. The first-order chi connectivity index (χ1) is 14.0. The van der Waals surface area contributed by atoms with Crippen LogP contribution in [0.5, 0.6) is 0 Å². The van der Waals surface area contributed by atoms with Crippen molar-refractivity contribution in [1.29, 1.82) is 0 Å². The summed E-state index contributed by atoms with van der Waals surface area (Å²) >= 11 is 13.8. The molecule has 0 bridgehead atoms. The SMILES string of the molecule is COC(=O)Cn1c(=NC(=O)c2cccc3ccccc23)sc2ccc(Cl)c(Cl)c21. The minimum atomic E-state index is -0.486. The summed E-state index contributed by atoms with van der Waals surface area (Å²) in [6.07, 6.45) is 0. The average molecular weight is 445 g/mol. The number of hydrogen-bond donors (Lipinski definition) is 0. The highest BCUT2D eigenvalue weighted by Crippen LogP contribution is 2.32. The number of fused-ring (bicyclic) bond motifs is 2. The summed E-state index contributed by atoms with van der Waals surface area (Å²) in [5.74, 6) is -0.894. The van der Waals surface area contributed by atoms with E-state index < -0.39 is 11.9 Å². The molecule has 0 fully saturated rings. The Morgan fingerprint density at radius 1 is 1.07 bits per heavy atom. The normalized spacial score (nSPS) is 11.9. The summed E-state index contributed by atoms with van der Waals surface area (Å²) in [6.45, 7) is -0.141. The number of aromatic nitrogens is 1. The van der Waals surface area contributed by atoms with E-state index in [1.165, 1.54) is 18.4 Å². The monoisotopic (exact) mass is 444 g/mol. The molecule has 0 aliphatic rings. The number of nitrogens with zero attached hydrogens (tertiary/aromatic N) is 2. The van der Waals surface area contributed by atoms with Crippen LogP contribution in [-0.4, -0.2) is 23.6 Å². The van der Waals surface area contributed by atoms with Gasteiger partial charge in [0.05, 0.1) is 27.4 Å². The van der Waals surface area contributed by atoms with Crippen molar-refractivity contribution >= 4 is 67.4 Å². The van der Waals surface area contributed by atoms with Crippen molar-refractivity contribution in [3.05, 3.63) is 75.0 Å². The summed E-state index contributed by atoms with van der Waals surface area (Å²) < 4.78 is 7.10. The maximum Gasteiger partial charge on any atom is 0.325 e. The molecule has 1 heterocycles. The minimum absolute atomic E-state index is 0.141. The maximum atomic E-state index is 13.0. The van der Waals surface area contributed by atoms with Crippen molar-refractivity contribution < 1.29 is 14.3 Å². The lowest BCUT2D eigenvalue weighted by Gasteiger charge is -2.06. The maximum absolute atomic E-state index is 13.0. The quantitative estimate of drug-likeness (QED) is 0.414. The Kier molecular flexibility index (Phi) is 5.41. The van der Waals surface area contributed by atoms with Gasteiger partial charge < -0.3 is 9.30 Å². The van der Waals surface area contributed by atoms with Gasteiger partial charge in [0.2, 0.25) is 0 Å². The van der Waals surface area contributed by atoms with Crippen LogP contribution < -0.4 is 4.80 Å². The van der Waals surface area contributed by atoms with Crippen LogP contribution in [0.2, 0.25) is 10.0 Å². The van der Waals surface area contributed by atoms with Crippen molar-refractivity contribution in [2.24, 2.45) is 4.99 Å². The molecule has 0 radical (unpaired) electrons. The Hall–Kier alpha value is -2.67. The van der Waals surface area contributed by atoms with Gasteiger partial charge >= 0.3 is 5.97 Å². The van der Waals surface area contributed by atoms with Crippen molar-refractivity contribution in [3.63, 3.8) is 0 Å². The molecule has 4 rings (SSSR count). The number of benzene rings is 3. The van der Waals surface area contributed by atoms with Gasteiger partial charge in [0.1, 0.15) is 6.54 Å². The molecule has 29 heavy (non-hydrogen) atoms. The number of carbonyl (C=O) groups excluding carboxylic acids is 2. The molecule has 0 atom stereocenters. The van der Waals surface area contributed by atoms with Gasteiger partial charge in [0, 0.05) is 5.56 Å². The molecule has 0 saturated heterocycles. The molecule has 1 amide bonds. The molecule has 3 aromatic carbocycles. The molecule has 8 heteroatoms. The zero-order valence-corrected chi connectivity index (χ0v) is 17.5. The summed E-state index contributed by atoms with van der Waals surface area (Å²) in [5, 5.41) is 2.40. The number of methoxy groups -OCH3 is 1. The van der Waals surface area contributed by atoms with E-state index in [1.54, 1.807) is 22.8 Å². The number of carbonyl (C=O) groups is 2. The molecule has 0 aliphatic carbocycles. The average Bonchev–Trinajstić information content (AvgIpc) is 3.07. The van der Waals surface area contributed by atoms with Gasteiger partial charge in [0.25, 0.3) is 5.91 Å². The number of ether oxygens (including phenoxy) is 1. The minimum Gasteiger partial charge on any atom is -0.468 e. The highest BCUT2D eigenvalue weighted by Gasteiger charge is 2.17. The van der Waals surface area contributed by atoms with E-state index in [4.69, 9.17) is 27.9 Å². The Labute approximate surface area is 179 Å². The Morgan fingerprint density at radius 2 is 1.83 bits per heavy atom. The summed E-state index contributed by atoms with van der Waals surface area (Å²) in [5.41, 5.74) is 1.02. The zero-order chi connectivity index (χ0) is 20.5. The largest absolute Gasteiger partial charge is 0.468 e. The standard InChI is InChI=1S/C21H14Cl2N2O3S/c1-28-17(26)11-25-19-16(10-9-15(22)18(19)23)29-21(25)24-20(27)14-8-4-6-12-5-2-3-7-13(12)14/h2-10H,11H2,1H3. The van der Waals surface area contributed by atoms with E-state index in [-0.39, 0.29) is 6.54 Å². The number of esters is 1. The third-order valence-corrected chi connectivity index (χ3v) is 6.30. The molecule has 146 valence electrons. The van der Waals surface area contributed by atoms with Gasteiger partial charge in [-0.1, -0.05) is 70.9 Å². The molecule has 4 aromatic rings. The molecular weight excluding hydrogens is 431 g/mol. The third kappa shape index (κ3) is 3.67. The fourth-order valence-corrected chi connectivity index (χ4v) is 4.60. The van der Waals surface area contributed by atoms with Crippen LogP contribution in [0.15, 0.2) is 59.6 Å². The number of hydrogen-bond acceptors (Lipinski definition) is 4. The number of thiazole rings is 1. The topological polar surface area (TPSA) is 60.7 Å². The van der Waals surface area contributed by atoms with Crippen LogP contribution in [0.3, 0.4) is 0 Å². The predicted octanol–water partition coefficient (Wildman–Crippen LogP) is 5.08. The van der Waals surface area contributed by atoms with Crippen molar-refractivity contribution in [3.8, 4) is 0 Å². The molecule has 0 unspecified atom stereocenters. The van der Waals surface area contributed by atoms with E-state index in [0.717, 1.165) is 15.5 Å². The smallest absolute Gasteiger partial charge is 0.325 e. The van der Waals surface area contributed by atoms with Gasteiger partial charge in [0.15, 0.2) is 4.80 Å². The van der Waals surface area contributed by atoms with Gasteiger partial charge in [-0.2, -0.15) is 4.99 Å². The fourth-order valence-electron chi connectivity index (χ4n) is 3.09. The first kappa shape index (κ1) is 19.6. The molecule has 0 spiro atoms. The lowest BCUT2D eigenvalue weighted by molar-refractivity contribution is -0.141. The first-order valence-electron chi connectivity index (χ1n) is 8.60. The van der Waals surface area contributed by atoms with Crippen LogP contribution in [0, 0.1) is 0 Å². The number of amides is 1. The second-order valence-electron chi connectivity index (χ2n) is 6.20. The van der Waals surface area contributed by atoms with Crippen molar-refractivity contribution in [1.82, 2.24) is 4.57 Å². The molecule has 0 saturated carbocycles. The molecule has 0 N–H and O–H groups in total. The van der Waals surface area contributed by atoms with E-state index in [1.807, 2.05) is 36.4 Å². The molecule has 5 nitrogen and oxygen atoms in total. The zero-order valence-electron chi connectivity index (χ0n) is 15.2. The van der Waals surface area contributed by atoms with Crippen molar-refractivity contribution in [2.45, 2.75) is 6.54 Å². The van der Waals surface area contributed by atoms with Crippen LogP contribution in [-0.2, 0) is 16.1 Å². The van der Waals surface area contributed by atoms with Crippen LogP contribution in [0.1, 0.15) is 10.4 Å². The third-order valence-electron chi connectivity index (χ3n) is 4.47. The van der Waals surface area contributed by atoms with Gasteiger partial charge in [-0.15, -0.1) is 0 Å².